The smallest absolute Gasteiger partial charge is 0.273 e. The van der Waals surface area contributed by atoms with Crippen LogP contribution in [0.4, 0.5) is 0 Å². The molecule has 89 heavy (non-hydrogen) atoms. The van der Waals surface area contributed by atoms with Gasteiger partial charge in [0.2, 0.25) is 53.5 Å². The molecule has 0 aromatic rings. The maximum Gasteiger partial charge on any atom is 0.273 e. The average molecular weight is 1260 g/mol. The van der Waals surface area contributed by atoms with Crippen LogP contribution in [-0.2, 0) is 57.5 Å². The lowest BCUT2D eigenvalue weighted by Crippen LogP contribution is -2.63. The van der Waals surface area contributed by atoms with Gasteiger partial charge in [-0.1, -0.05) is 137 Å². The number of carbonyl (C=O) groups excluding carboxylic acids is 11. The van der Waals surface area contributed by atoms with Gasteiger partial charge in [-0.05, 0) is 99.2 Å². The molecule has 21 heteroatoms. The van der Waals surface area contributed by atoms with Gasteiger partial charge in [0.05, 0.1) is 6.04 Å². The van der Waals surface area contributed by atoms with E-state index >= 15 is 19.2 Å². The van der Waals surface area contributed by atoms with Crippen molar-refractivity contribution in [3.05, 3.63) is 12.2 Å². The van der Waals surface area contributed by atoms with E-state index in [1.54, 1.807) is 48.5 Å². The Morgan fingerprint density at radius 3 is 1.37 bits per heavy atom. The third-order valence-corrected chi connectivity index (χ3v) is 17.7. The second kappa shape index (κ2) is 37.6. The summed E-state index contributed by atoms with van der Waals surface area (Å²) >= 11 is 0. The Kier molecular flexibility index (Phi) is 34.3. The molecule has 2 N–H and O–H groups in total. The summed E-state index contributed by atoms with van der Waals surface area (Å²) in [6.45, 7) is 34.8. The van der Waals surface area contributed by atoms with E-state index in [9.17, 15) is 33.6 Å². The van der Waals surface area contributed by atoms with Crippen LogP contribution in [0.25, 0.3) is 0 Å². The van der Waals surface area contributed by atoms with Crippen LogP contribution in [0.3, 0.4) is 0 Å². The van der Waals surface area contributed by atoms with Crippen molar-refractivity contribution in [2.45, 2.75) is 244 Å². The highest BCUT2D eigenvalue weighted by Gasteiger charge is 2.46. The minimum absolute atomic E-state index is 0. The first-order valence-electron chi connectivity index (χ1n) is 32.9. The van der Waals surface area contributed by atoms with E-state index in [-0.39, 0.29) is 94.1 Å². The van der Waals surface area contributed by atoms with E-state index in [2.05, 4.69) is 10.6 Å². The van der Waals surface area contributed by atoms with Crippen molar-refractivity contribution in [1.82, 2.24) is 44.9 Å². The first-order chi connectivity index (χ1) is 41.2. The molecule has 1 aliphatic rings. The summed E-state index contributed by atoms with van der Waals surface area (Å²) in [4.78, 5) is 173. The number of likely N-dealkylation sites (N-methyl/N-ethyl adjacent to an activating group) is 7. The predicted molar refractivity (Wildman–Crippen MR) is 351 cm³/mol. The van der Waals surface area contributed by atoms with Gasteiger partial charge in [-0.25, -0.2) is 0 Å². The van der Waals surface area contributed by atoms with Gasteiger partial charge >= 0.3 is 0 Å². The normalized spacial score (nSPS) is 27.3. The minimum Gasteiger partial charge on any atom is -0.349 e. The molecule has 1 heterocycles. The van der Waals surface area contributed by atoms with Gasteiger partial charge in [-0.2, -0.15) is 0 Å². The van der Waals surface area contributed by atoms with Crippen LogP contribution in [0.5, 0.6) is 0 Å². The van der Waals surface area contributed by atoms with Crippen molar-refractivity contribution in [1.29, 1.82) is 0 Å². The predicted octanol–water partition coefficient (Wildman–Crippen LogP) is 7.72. The highest BCUT2D eigenvalue weighted by molar-refractivity contribution is 5.99. The summed E-state index contributed by atoms with van der Waals surface area (Å²) in [5.74, 6) is -10.1. The zero-order valence-electron chi connectivity index (χ0n) is 59.7. The fraction of sp³-hybridized carbons (Fsp3) is 0.809. The fourth-order valence-electron chi connectivity index (χ4n) is 11.9. The van der Waals surface area contributed by atoms with E-state index in [0.717, 1.165) is 4.90 Å². The van der Waals surface area contributed by atoms with Crippen molar-refractivity contribution in [3.63, 3.8) is 0 Å². The lowest BCUT2D eigenvalue weighted by Gasteiger charge is -2.42. The molecule has 0 saturated carbocycles. The van der Waals surface area contributed by atoms with E-state index < -0.39 is 137 Å². The average Bonchev–Trinajstić information content (AvgIpc) is 1.34. The number of nitrogens with zero attached hydrogens (tertiary/aromatic N) is 7. The van der Waals surface area contributed by atoms with Gasteiger partial charge < -0.3 is 49.7 Å². The Balaban J connectivity index is 0.0000792. The maximum atomic E-state index is 15.4. The molecule has 1 fully saturated rings. The van der Waals surface area contributed by atoms with E-state index in [0.29, 0.717) is 12.8 Å². The Bertz CT molecular complexity index is 2420. The standard InChI is InChI=1S/C68H121N9O12.H2/c1-27-30-31-45(16)48(19)58-60(81)69-49(29-3)62(83)77(26)68(89-32-28-2)67(88)72(21)51(34-40(6)7)59(80)70-56(43(12)13)65(86)71(20)50(33-39(4)5)55(79)37-46(17)54(78)38-47(18)61(82)73(22)52(35-41(8)9)63(84)74(23)53(36-42(10)11)64(85)75(24)57(44(14)15)66(87)76(58)25;/h27,30,39-53,56-58,68H,28-29,31-38H2,1-26H3,(H,69,81)(H,70,80);1H/b30-27+;/t45-,46-,47+,48-,49+,50+,51+,52+,53+,56+,57+,58+,68-;/m1./s1. The van der Waals surface area contributed by atoms with Crippen molar-refractivity contribution in [2.75, 3.05) is 55.9 Å². The number of nitrogens with one attached hydrogen (secondary N) is 2. The minimum atomic E-state index is -1.58. The van der Waals surface area contributed by atoms with Crippen LogP contribution in [0.2, 0.25) is 0 Å². The highest BCUT2D eigenvalue weighted by Crippen LogP contribution is 2.29. The number of amides is 9. The molecule has 0 aromatic carbocycles. The van der Waals surface area contributed by atoms with Gasteiger partial charge in [-0.3, -0.25) is 52.7 Å². The molecule has 13 atom stereocenters. The fourth-order valence-corrected chi connectivity index (χ4v) is 11.9. The van der Waals surface area contributed by atoms with Crippen LogP contribution in [0, 0.1) is 59.2 Å². The molecule has 0 aliphatic carbocycles. The second-order valence-corrected chi connectivity index (χ2v) is 28.1. The molecule has 512 valence electrons. The van der Waals surface area contributed by atoms with Crippen molar-refractivity contribution in [2.24, 2.45) is 59.2 Å². The van der Waals surface area contributed by atoms with Crippen LogP contribution in [-0.4, -0.2) is 210 Å². The van der Waals surface area contributed by atoms with Crippen LogP contribution >= 0.6 is 0 Å². The SMILES string of the molecule is C/C=C/C[C@@H](C)[C@@H](C)[C@H]1C(=O)N[C@@H](CC)C(=O)N(C)[C@H](OCCC)C(=O)N(C)[C@@H](CC(C)C)C(=O)N[C@@H](C(C)C)C(=O)N(C)[C@@H](CC(C)C)C(=O)C[C@@H](C)C(=O)C[C@H](C)C(=O)N(C)[C@@H](CC(C)C)C(=O)N(C)[C@@H](CC(C)C)C(=O)N(C)[C@@H](C(C)C)C(=O)N1C.[HH]. The van der Waals surface area contributed by atoms with Crippen molar-refractivity contribution < 1.29 is 58.9 Å². The largest absolute Gasteiger partial charge is 0.349 e. The lowest BCUT2D eigenvalue weighted by molar-refractivity contribution is -0.168. The third kappa shape index (κ3) is 22.9. The van der Waals surface area contributed by atoms with Crippen LogP contribution in [0.1, 0.15) is 191 Å². The molecule has 1 saturated heterocycles. The molecule has 1 rings (SSSR count). The number of rotatable bonds is 18. The van der Waals surface area contributed by atoms with E-state index in [4.69, 9.17) is 4.74 Å². The van der Waals surface area contributed by atoms with Crippen molar-refractivity contribution in [3.8, 4) is 0 Å². The molecule has 9 amide bonds. The summed E-state index contributed by atoms with van der Waals surface area (Å²) in [6.07, 6.45) is 3.64. The summed E-state index contributed by atoms with van der Waals surface area (Å²) in [7, 11) is 10.4. The van der Waals surface area contributed by atoms with Crippen LogP contribution in [0.15, 0.2) is 12.2 Å². The first-order valence-corrected chi connectivity index (χ1v) is 32.9. The monoisotopic (exact) mass is 1260 g/mol. The Labute approximate surface area is 537 Å². The van der Waals surface area contributed by atoms with E-state index in [1.807, 2.05) is 95.2 Å². The number of Topliss-reactive ketones (excluding diaryl/α,β-unsaturated/α-hetero) is 2. The number of ketones is 2. The van der Waals surface area contributed by atoms with Crippen LogP contribution < -0.4 is 10.6 Å². The molecule has 1 aliphatic heterocycles. The quantitative estimate of drug-likeness (QED) is 0.125. The molecule has 0 aromatic heterocycles. The zero-order valence-corrected chi connectivity index (χ0v) is 59.7. The first kappa shape index (κ1) is 81.3. The third-order valence-electron chi connectivity index (χ3n) is 17.7. The topological polar surface area (TPSA) is 244 Å². The summed E-state index contributed by atoms with van der Waals surface area (Å²) in [5.41, 5.74) is 0. The Hall–Kier alpha value is -5.73. The summed E-state index contributed by atoms with van der Waals surface area (Å²) in [6, 6.07) is -9.11. The Morgan fingerprint density at radius 1 is 0.472 bits per heavy atom. The number of hydrogen-bond donors (Lipinski definition) is 2. The summed E-state index contributed by atoms with van der Waals surface area (Å²) in [5, 5.41) is 5.86. The molecule has 0 unspecified atom stereocenters. The van der Waals surface area contributed by atoms with Gasteiger partial charge in [0.1, 0.15) is 48.1 Å². The lowest BCUT2D eigenvalue weighted by atomic mass is 9.84. The highest BCUT2D eigenvalue weighted by atomic mass is 16.5. The number of hydrogen-bond acceptors (Lipinski definition) is 12. The summed E-state index contributed by atoms with van der Waals surface area (Å²) < 4.78 is 6.17. The van der Waals surface area contributed by atoms with Gasteiger partial charge in [0.25, 0.3) is 5.91 Å². The molecule has 0 radical (unpaired) electrons. The molecular formula is C68H123N9O12. The zero-order chi connectivity index (χ0) is 69.0. The number of allylic oxidation sites excluding steroid dienone is 2. The maximum absolute atomic E-state index is 15.4. The van der Waals surface area contributed by atoms with E-state index in [1.165, 1.54) is 78.7 Å². The molecular weight excluding hydrogens is 1130 g/mol. The number of ether oxygens (including phenoxy) is 1. The molecule has 21 nitrogen and oxygen atoms in total. The molecule has 0 bridgehead atoms. The van der Waals surface area contributed by atoms with Gasteiger partial charge in [0, 0.05) is 82.0 Å². The van der Waals surface area contributed by atoms with Gasteiger partial charge in [-0.15, -0.1) is 0 Å². The van der Waals surface area contributed by atoms with Crippen molar-refractivity contribution >= 4 is 64.7 Å². The molecule has 0 spiro atoms. The Morgan fingerprint density at radius 2 is 0.910 bits per heavy atom. The second-order valence-electron chi connectivity index (χ2n) is 28.1. The number of carbonyl (C=O) groups is 11. The van der Waals surface area contributed by atoms with Gasteiger partial charge in [0.15, 0.2) is 5.78 Å².